The SMILES string of the molecule is CCOC(=O)C(O)=CC(=O)c1ccc(OC)nc1. The van der Waals surface area contributed by atoms with Gasteiger partial charge in [0.25, 0.3) is 0 Å². The van der Waals surface area contributed by atoms with E-state index in [4.69, 9.17) is 4.74 Å². The molecular formula is C12H13NO5. The molecule has 18 heavy (non-hydrogen) atoms. The highest BCUT2D eigenvalue weighted by atomic mass is 16.5. The minimum absolute atomic E-state index is 0.120. The number of carbonyl (C=O) groups excluding carboxylic acids is 2. The summed E-state index contributed by atoms with van der Waals surface area (Å²) in [6.45, 7) is 1.72. The molecule has 0 saturated heterocycles. The summed E-state index contributed by atoms with van der Waals surface area (Å²) in [4.78, 5) is 26.6. The lowest BCUT2D eigenvalue weighted by Crippen LogP contribution is -2.09. The van der Waals surface area contributed by atoms with E-state index in [0.717, 1.165) is 6.08 Å². The Morgan fingerprint density at radius 2 is 2.17 bits per heavy atom. The number of aliphatic hydroxyl groups excluding tert-OH is 1. The first kappa shape index (κ1) is 13.7. The van der Waals surface area contributed by atoms with E-state index in [1.165, 1.54) is 25.4 Å². The quantitative estimate of drug-likeness (QED) is 0.367. The fourth-order valence-electron chi connectivity index (χ4n) is 1.12. The molecule has 0 radical (unpaired) electrons. The van der Waals surface area contributed by atoms with Crippen molar-refractivity contribution < 1.29 is 24.2 Å². The van der Waals surface area contributed by atoms with Crippen molar-refractivity contribution in [2.45, 2.75) is 6.92 Å². The number of aliphatic hydroxyl groups is 1. The maximum atomic E-state index is 11.6. The number of carbonyl (C=O) groups is 2. The third-order valence-electron chi connectivity index (χ3n) is 1.98. The maximum absolute atomic E-state index is 11.6. The number of aromatic nitrogens is 1. The summed E-state index contributed by atoms with van der Waals surface area (Å²) in [5.41, 5.74) is 0.228. The molecule has 1 rings (SSSR count). The van der Waals surface area contributed by atoms with Crippen molar-refractivity contribution in [3.63, 3.8) is 0 Å². The van der Waals surface area contributed by atoms with Crippen LogP contribution in [0, 0.1) is 0 Å². The molecule has 0 amide bonds. The summed E-state index contributed by atoms with van der Waals surface area (Å²) in [7, 11) is 1.45. The average Bonchev–Trinajstić information content (AvgIpc) is 2.39. The monoisotopic (exact) mass is 251 g/mol. The standard InChI is InChI=1S/C12H13NO5/c1-3-18-12(16)10(15)6-9(14)8-4-5-11(17-2)13-7-8/h4-7,15H,3H2,1-2H3. The first-order valence-corrected chi connectivity index (χ1v) is 5.20. The van der Waals surface area contributed by atoms with Crippen LogP contribution in [-0.2, 0) is 9.53 Å². The molecular weight excluding hydrogens is 238 g/mol. The number of hydrogen-bond donors (Lipinski definition) is 1. The first-order chi connectivity index (χ1) is 8.58. The van der Waals surface area contributed by atoms with Gasteiger partial charge < -0.3 is 14.6 Å². The molecule has 0 saturated carbocycles. The van der Waals surface area contributed by atoms with Gasteiger partial charge in [0.1, 0.15) is 0 Å². The van der Waals surface area contributed by atoms with Crippen LogP contribution in [0.5, 0.6) is 5.88 Å². The van der Waals surface area contributed by atoms with Crippen molar-refractivity contribution in [3.8, 4) is 5.88 Å². The Kier molecular flexibility index (Phi) is 4.86. The highest BCUT2D eigenvalue weighted by molar-refractivity contribution is 6.07. The first-order valence-electron chi connectivity index (χ1n) is 5.20. The summed E-state index contributed by atoms with van der Waals surface area (Å²) in [5, 5.41) is 9.30. The van der Waals surface area contributed by atoms with Crippen molar-refractivity contribution in [2.75, 3.05) is 13.7 Å². The fourth-order valence-corrected chi connectivity index (χ4v) is 1.12. The van der Waals surface area contributed by atoms with Gasteiger partial charge in [0.2, 0.25) is 11.6 Å². The van der Waals surface area contributed by atoms with Crippen molar-refractivity contribution in [3.05, 3.63) is 35.7 Å². The number of methoxy groups -OCH3 is 1. The van der Waals surface area contributed by atoms with Crippen molar-refractivity contribution in [1.29, 1.82) is 0 Å². The molecule has 96 valence electrons. The van der Waals surface area contributed by atoms with E-state index in [-0.39, 0.29) is 12.2 Å². The van der Waals surface area contributed by atoms with Gasteiger partial charge in [-0.2, -0.15) is 0 Å². The molecule has 0 aromatic carbocycles. The predicted octanol–water partition coefficient (Wildman–Crippen LogP) is 1.28. The van der Waals surface area contributed by atoms with Crippen molar-refractivity contribution in [1.82, 2.24) is 4.98 Å². The maximum Gasteiger partial charge on any atom is 0.373 e. The Morgan fingerprint density at radius 3 is 2.67 bits per heavy atom. The highest BCUT2D eigenvalue weighted by Crippen LogP contribution is 2.08. The molecule has 0 aliphatic carbocycles. The molecule has 0 fully saturated rings. The van der Waals surface area contributed by atoms with Crippen molar-refractivity contribution >= 4 is 11.8 Å². The lowest BCUT2D eigenvalue weighted by molar-refractivity contribution is -0.141. The molecule has 0 spiro atoms. The van der Waals surface area contributed by atoms with E-state index in [1.807, 2.05) is 0 Å². The Labute approximate surface area is 104 Å². The number of allylic oxidation sites excluding steroid dienone is 1. The van der Waals surface area contributed by atoms with E-state index in [2.05, 4.69) is 9.72 Å². The molecule has 6 nitrogen and oxygen atoms in total. The second-order valence-corrected chi connectivity index (χ2v) is 3.20. The minimum atomic E-state index is -0.938. The summed E-state index contributed by atoms with van der Waals surface area (Å²) in [5.74, 6) is -1.86. The second-order valence-electron chi connectivity index (χ2n) is 3.20. The molecule has 1 aromatic heterocycles. The van der Waals surface area contributed by atoms with Crippen LogP contribution >= 0.6 is 0 Å². The van der Waals surface area contributed by atoms with Crippen LogP contribution in [0.4, 0.5) is 0 Å². The number of rotatable bonds is 5. The van der Waals surface area contributed by atoms with Crippen LogP contribution in [-0.4, -0.2) is 35.6 Å². The normalized spacial score (nSPS) is 10.9. The molecule has 0 atom stereocenters. The molecule has 1 N–H and O–H groups in total. The molecule has 0 bridgehead atoms. The zero-order chi connectivity index (χ0) is 13.5. The van der Waals surface area contributed by atoms with Crippen LogP contribution in [0.1, 0.15) is 17.3 Å². The van der Waals surface area contributed by atoms with Gasteiger partial charge in [0.05, 0.1) is 13.7 Å². The molecule has 0 aliphatic rings. The largest absolute Gasteiger partial charge is 0.502 e. The summed E-state index contributed by atoms with van der Waals surface area (Å²) < 4.78 is 9.37. The summed E-state index contributed by atoms with van der Waals surface area (Å²) in [6, 6.07) is 2.98. The molecule has 1 aromatic rings. The van der Waals surface area contributed by atoms with Gasteiger partial charge in [-0.1, -0.05) is 0 Å². The highest BCUT2D eigenvalue weighted by Gasteiger charge is 2.12. The van der Waals surface area contributed by atoms with E-state index in [9.17, 15) is 14.7 Å². The Bertz CT molecular complexity index is 464. The van der Waals surface area contributed by atoms with E-state index >= 15 is 0 Å². The van der Waals surface area contributed by atoms with Gasteiger partial charge in [-0.3, -0.25) is 4.79 Å². The van der Waals surface area contributed by atoms with Crippen LogP contribution in [0.25, 0.3) is 0 Å². The van der Waals surface area contributed by atoms with Crippen LogP contribution in [0.15, 0.2) is 30.2 Å². The lowest BCUT2D eigenvalue weighted by atomic mass is 10.2. The molecule has 0 aliphatic heterocycles. The zero-order valence-electron chi connectivity index (χ0n) is 10.0. The molecule has 0 unspecified atom stereocenters. The smallest absolute Gasteiger partial charge is 0.373 e. The van der Waals surface area contributed by atoms with E-state index < -0.39 is 17.5 Å². The number of ether oxygens (including phenoxy) is 2. The predicted molar refractivity (Wildman–Crippen MR) is 62.5 cm³/mol. The van der Waals surface area contributed by atoms with Crippen molar-refractivity contribution in [2.24, 2.45) is 0 Å². The van der Waals surface area contributed by atoms with Crippen LogP contribution in [0.2, 0.25) is 0 Å². The topological polar surface area (TPSA) is 85.7 Å². The second kappa shape index (κ2) is 6.39. The molecule has 1 heterocycles. The summed E-state index contributed by atoms with van der Waals surface area (Å²) in [6.07, 6.45) is 2.08. The van der Waals surface area contributed by atoms with Gasteiger partial charge in [-0.25, -0.2) is 9.78 Å². The van der Waals surface area contributed by atoms with E-state index in [0.29, 0.717) is 5.88 Å². The van der Waals surface area contributed by atoms with Gasteiger partial charge in [0, 0.05) is 23.9 Å². The number of ketones is 1. The third kappa shape index (κ3) is 3.58. The zero-order valence-corrected chi connectivity index (χ0v) is 10.0. The van der Waals surface area contributed by atoms with Gasteiger partial charge in [-0.15, -0.1) is 0 Å². The van der Waals surface area contributed by atoms with Crippen LogP contribution < -0.4 is 4.74 Å². The minimum Gasteiger partial charge on any atom is -0.502 e. The van der Waals surface area contributed by atoms with Crippen LogP contribution in [0.3, 0.4) is 0 Å². The van der Waals surface area contributed by atoms with Gasteiger partial charge in [0.15, 0.2) is 5.78 Å². The molecule has 6 heteroatoms. The van der Waals surface area contributed by atoms with E-state index in [1.54, 1.807) is 6.92 Å². The number of hydrogen-bond acceptors (Lipinski definition) is 6. The Balaban J connectivity index is 2.80. The Morgan fingerprint density at radius 1 is 1.44 bits per heavy atom. The average molecular weight is 251 g/mol. The number of nitrogens with zero attached hydrogens (tertiary/aromatic N) is 1. The number of pyridine rings is 1. The fraction of sp³-hybridized carbons (Fsp3) is 0.250. The lowest BCUT2D eigenvalue weighted by Gasteiger charge is -2.01. The van der Waals surface area contributed by atoms with Gasteiger partial charge in [-0.05, 0) is 13.0 Å². The van der Waals surface area contributed by atoms with Gasteiger partial charge >= 0.3 is 5.97 Å². The third-order valence-corrected chi connectivity index (χ3v) is 1.98. The Hall–Kier alpha value is -2.37. The number of esters is 1. The summed E-state index contributed by atoms with van der Waals surface area (Å²) >= 11 is 0.